The number of hydrogen-bond acceptors (Lipinski definition) is 4. The van der Waals surface area contributed by atoms with E-state index < -0.39 is 9.84 Å². The van der Waals surface area contributed by atoms with Gasteiger partial charge in [0.1, 0.15) is 0 Å². The van der Waals surface area contributed by atoms with Crippen LogP contribution in [-0.2, 0) is 9.84 Å². The molecule has 0 aliphatic carbocycles. The Morgan fingerprint density at radius 3 is 2.89 bits per heavy atom. The Labute approximate surface area is 121 Å². The van der Waals surface area contributed by atoms with Crippen molar-refractivity contribution in [2.45, 2.75) is 18.2 Å². The molecule has 0 aromatic heterocycles. The molecule has 0 bridgehead atoms. The van der Waals surface area contributed by atoms with E-state index >= 15 is 0 Å². The van der Waals surface area contributed by atoms with E-state index in [-0.39, 0.29) is 22.8 Å². The lowest BCUT2D eigenvalue weighted by Crippen LogP contribution is -2.37. The van der Waals surface area contributed by atoms with Gasteiger partial charge in [-0.25, -0.2) is 8.42 Å². The largest absolute Gasteiger partial charge is 0.316 e. The van der Waals surface area contributed by atoms with Crippen LogP contribution >= 0.6 is 23.4 Å². The molecule has 7 heteroatoms. The zero-order chi connectivity index (χ0) is 13.8. The molecule has 2 saturated heterocycles. The molecule has 1 aromatic carbocycles. The first-order valence-electron chi connectivity index (χ1n) is 5.89. The van der Waals surface area contributed by atoms with Gasteiger partial charge < -0.3 is 4.90 Å². The van der Waals surface area contributed by atoms with Gasteiger partial charge in [-0.2, -0.15) is 0 Å². The highest BCUT2D eigenvalue weighted by molar-refractivity contribution is 8.15. The zero-order valence-corrected chi connectivity index (χ0v) is 12.6. The standard InChI is InChI=1S/C12H13ClN2O2S2/c1-7-8(13)3-2-4-9(7)15-10-5-19(16,17)6-11(10)18-12(15)14/h2-4,10-11,14H,5-6H2,1H3/t10-,11-/m0/s1. The summed E-state index contributed by atoms with van der Waals surface area (Å²) < 4.78 is 23.5. The predicted octanol–water partition coefficient (Wildman–Crippen LogP) is 2.30. The van der Waals surface area contributed by atoms with E-state index in [1.165, 1.54) is 11.8 Å². The first-order valence-corrected chi connectivity index (χ1v) is 8.97. The molecule has 4 nitrogen and oxygen atoms in total. The lowest BCUT2D eigenvalue weighted by Gasteiger charge is -2.25. The van der Waals surface area contributed by atoms with Crippen LogP contribution in [-0.4, -0.2) is 36.4 Å². The van der Waals surface area contributed by atoms with Gasteiger partial charge in [0.05, 0.1) is 17.5 Å². The topological polar surface area (TPSA) is 61.2 Å². The molecule has 3 rings (SSSR count). The fraction of sp³-hybridized carbons (Fsp3) is 0.417. The van der Waals surface area contributed by atoms with E-state index in [2.05, 4.69) is 0 Å². The highest BCUT2D eigenvalue weighted by atomic mass is 35.5. The van der Waals surface area contributed by atoms with E-state index in [1.54, 1.807) is 6.07 Å². The number of benzene rings is 1. The van der Waals surface area contributed by atoms with Gasteiger partial charge in [-0.3, -0.25) is 5.41 Å². The monoisotopic (exact) mass is 316 g/mol. The molecule has 102 valence electrons. The lowest BCUT2D eigenvalue weighted by atomic mass is 10.1. The molecule has 2 aliphatic rings. The highest BCUT2D eigenvalue weighted by Crippen LogP contribution is 2.42. The fourth-order valence-electron chi connectivity index (χ4n) is 2.65. The Balaban J connectivity index is 2.05. The lowest BCUT2D eigenvalue weighted by molar-refractivity contribution is 0.601. The van der Waals surface area contributed by atoms with Crippen LogP contribution in [0.3, 0.4) is 0 Å². The van der Waals surface area contributed by atoms with E-state index in [9.17, 15) is 8.42 Å². The van der Waals surface area contributed by atoms with Crippen molar-refractivity contribution in [3.63, 3.8) is 0 Å². The number of nitrogens with one attached hydrogen (secondary N) is 1. The molecule has 1 N–H and O–H groups in total. The quantitative estimate of drug-likeness (QED) is 0.863. The van der Waals surface area contributed by atoms with Crippen molar-refractivity contribution in [1.82, 2.24) is 0 Å². The second-order valence-electron chi connectivity index (χ2n) is 4.86. The molecule has 2 aliphatic heterocycles. The van der Waals surface area contributed by atoms with Gasteiger partial charge in [-0.15, -0.1) is 0 Å². The summed E-state index contributed by atoms with van der Waals surface area (Å²) in [4.78, 5) is 1.82. The molecule has 2 heterocycles. The van der Waals surface area contributed by atoms with Crippen LogP contribution in [0, 0.1) is 12.3 Å². The van der Waals surface area contributed by atoms with Crippen LogP contribution in [0.4, 0.5) is 5.69 Å². The van der Waals surface area contributed by atoms with Crippen LogP contribution in [0.2, 0.25) is 5.02 Å². The van der Waals surface area contributed by atoms with Crippen LogP contribution in [0.5, 0.6) is 0 Å². The van der Waals surface area contributed by atoms with Crippen LogP contribution in [0.1, 0.15) is 5.56 Å². The SMILES string of the molecule is Cc1c(Cl)cccc1N1C(=N)S[C@H]2CS(=O)(=O)C[C@@H]21. The third-order valence-corrected chi connectivity index (χ3v) is 7.12. The summed E-state index contributed by atoms with van der Waals surface area (Å²) in [5.74, 6) is 0.291. The van der Waals surface area contributed by atoms with Crippen LogP contribution in [0.15, 0.2) is 18.2 Å². The average molecular weight is 317 g/mol. The van der Waals surface area contributed by atoms with Crippen molar-refractivity contribution < 1.29 is 8.42 Å². The minimum atomic E-state index is -2.98. The molecule has 19 heavy (non-hydrogen) atoms. The molecule has 1 aromatic rings. The number of thioether (sulfide) groups is 1. The second kappa shape index (κ2) is 4.40. The number of sulfone groups is 1. The van der Waals surface area contributed by atoms with Crippen molar-refractivity contribution in [3.05, 3.63) is 28.8 Å². The summed E-state index contributed by atoms with van der Waals surface area (Å²) in [5.41, 5.74) is 1.73. The van der Waals surface area contributed by atoms with E-state index in [1.807, 2.05) is 24.0 Å². The zero-order valence-electron chi connectivity index (χ0n) is 10.3. The number of amidine groups is 1. The number of fused-ring (bicyclic) bond motifs is 1. The minimum Gasteiger partial charge on any atom is -0.316 e. The van der Waals surface area contributed by atoms with Crippen molar-refractivity contribution in [1.29, 1.82) is 5.41 Å². The van der Waals surface area contributed by atoms with Gasteiger partial charge in [0.2, 0.25) is 0 Å². The number of nitrogens with zero attached hydrogens (tertiary/aromatic N) is 1. The first kappa shape index (κ1) is 13.3. The minimum absolute atomic E-state index is 0.0316. The maximum Gasteiger partial charge on any atom is 0.161 e. The predicted molar refractivity (Wildman–Crippen MR) is 80.2 cm³/mol. The summed E-state index contributed by atoms with van der Waals surface area (Å²) in [6.45, 7) is 1.90. The van der Waals surface area contributed by atoms with Crippen molar-refractivity contribution in [3.8, 4) is 0 Å². The molecule has 0 saturated carbocycles. The van der Waals surface area contributed by atoms with Gasteiger partial charge in [-0.1, -0.05) is 29.4 Å². The van der Waals surface area contributed by atoms with Gasteiger partial charge in [0, 0.05) is 16.0 Å². The van der Waals surface area contributed by atoms with Crippen molar-refractivity contribution in [2.75, 3.05) is 16.4 Å². The molecule has 2 fully saturated rings. The van der Waals surface area contributed by atoms with E-state index in [0.29, 0.717) is 10.2 Å². The third-order valence-electron chi connectivity index (χ3n) is 3.58. The molecule has 0 unspecified atom stereocenters. The summed E-state index contributed by atoms with van der Waals surface area (Å²) in [7, 11) is -2.98. The van der Waals surface area contributed by atoms with Crippen LogP contribution < -0.4 is 4.90 Å². The molecular weight excluding hydrogens is 304 g/mol. The van der Waals surface area contributed by atoms with Gasteiger partial charge >= 0.3 is 0 Å². The summed E-state index contributed by atoms with van der Waals surface area (Å²) >= 11 is 7.46. The third kappa shape index (κ3) is 2.15. The average Bonchev–Trinajstić information content (AvgIpc) is 2.73. The van der Waals surface area contributed by atoms with Crippen molar-refractivity contribution >= 4 is 44.1 Å². The van der Waals surface area contributed by atoms with Gasteiger partial charge in [0.25, 0.3) is 0 Å². The fourth-order valence-corrected chi connectivity index (χ4v) is 6.60. The maximum atomic E-state index is 11.7. The molecule has 0 spiro atoms. The van der Waals surface area contributed by atoms with Crippen molar-refractivity contribution in [2.24, 2.45) is 0 Å². The number of anilines is 1. The molecule has 0 radical (unpaired) electrons. The van der Waals surface area contributed by atoms with Gasteiger partial charge in [0.15, 0.2) is 15.0 Å². The summed E-state index contributed by atoms with van der Waals surface area (Å²) in [5, 5.41) is 9.11. The Morgan fingerprint density at radius 1 is 1.42 bits per heavy atom. The molecule has 2 atom stereocenters. The first-order chi connectivity index (χ1) is 8.89. The molecular formula is C12H13ClN2O2S2. The van der Waals surface area contributed by atoms with Gasteiger partial charge in [-0.05, 0) is 24.6 Å². The summed E-state index contributed by atoms with van der Waals surface area (Å²) in [6, 6.07) is 5.39. The highest BCUT2D eigenvalue weighted by Gasteiger charge is 2.48. The smallest absolute Gasteiger partial charge is 0.161 e. The number of hydrogen-bond donors (Lipinski definition) is 1. The Hall–Kier alpha value is -0.720. The molecule has 0 amide bonds. The Bertz CT molecular complexity index is 660. The Kier molecular flexibility index (Phi) is 3.07. The van der Waals surface area contributed by atoms with E-state index in [4.69, 9.17) is 17.0 Å². The normalized spacial score (nSPS) is 28.7. The second-order valence-corrected chi connectivity index (χ2v) is 8.65. The number of rotatable bonds is 1. The Morgan fingerprint density at radius 2 is 2.16 bits per heavy atom. The maximum absolute atomic E-state index is 11.7. The summed E-state index contributed by atoms with van der Waals surface area (Å²) in [6.07, 6.45) is 0. The number of halogens is 1. The van der Waals surface area contributed by atoms with Crippen LogP contribution in [0.25, 0.3) is 0 Å². The van der Waals surface area contributed by atoms with E-state index in [0.717, 1.165) is 11.3 Å².